The number of fused-ring (bicyclic) bond motifs is 1. The van der Waals surface area contributed by atoms with Gasteiger partial charge in [0.25, 0.3) is 11.1 Å². The van der Waals surface area contributed by atoms with Crippen molar-refractivity contribution in [2.45, 2.75) is 18.4 Å². The van der Waals surface area contributed by atoms with E-state index in [9.17, 15) is 4.79 Å². The Labute approximate surface area is 172 Å². The average molecular weight is 405 g/mol. The lowest BCUT2D eigenvalue weighted by Crippen LogP contribution is -2.24. The number of benzene rings is 3. The Morgan fingerprint density at radius 3 is 2.62 bits per heavy atom. The predicted octanol–water partition coefficient (Wildman–Crippen LogP) is 4.21. The third-order valence-corrected chi connectivity index (χ3v) is 5.01. The maximum Gasteiger partial charge on any atom is 0.277 e. The zero-order chi connectivity index (χ0) is 19.9. The fraction of sp³-hybridized carbons (Fsp3) is 0.136. The smallest absolute Gasteiger partial charge is 0.277 e. The van der Waals surface area contributed by atoms with Crippen molar-refractivity contribution >= 4 is 28.4 Å². The van der Waals surface area contributed by atoms with Crippen molar-refractivity contribution in [3.63, 3.8) is 0 Å². The van der Waals surface area contributed by atoms with E-state index >= 15 is 0 Å². The summed E-state index contributed by atoms with van der Waals surface area (Å²) in [5, 5.41) is 13.4. The Bertz CT molecular complexity index is 1100. The summed E-state index contributed by atoms with van der Waals surface area (Å²) in [5.74, 6) is 1.22. The van der Waals surface area contributed by atoms with Gasteiger partial charge in [-0.15, -0.1) is 10.2 Å². The molecule has 0 saturated heterocycles. The van der Waals surface area contributed by atoms with E-state index in [-0.39, 0.29) is 18.3 Å². The first-order chi connectivity index (χ1) is 14.3. The first-order valence-electron chi connectivity index (χ1n) is 9.14. The summed E-state index contributed by atoms with van der Waals surface area (Å²) in [6, 6.07) is 23.7. The summed E-state index contributed by atoms with van der Waals surface area (Å²) in [4.78, 5) is 12.0. The molecule has 0 atom stereocenters. The maximum absolute atomic E-state index is 12.0. The molecule has 29 heavy (non-hydrogen) atoms. The number of amides is 1. The minimum atomic E-state index is -0.0917. The van der Waals surface area contributed by atoms with Crippen LogP contribution in [0.4, 0.5) is 0 Å². The molecule has 4 rings (SSSR count). The number of thioether (sulfide) groups is 1. The van der Waals surface area contributed by atoms with Crippen LogP contribution in [0.2, 0.25) is 0 Å². The molecular weight excluding hydrogens is 386 g/mol. The third kappa shape index (κ3) is 5.36. The van der Waals surface area contributed by atoms with Crippen LogP contribution in [-0.4, -0.2) is 21.9 Å². The van der Waals surface area contributed by atoms with Crippen LogP contribution in [0.15, 0.2) is 82.4 Å². The lowest BCUT2D eigenvalue weighted by molar-refractivity contribution is -0.118. The third-order valence-electron chi connectivity index (χ3n) is 4.19. The van der Waals surface area contributed by atoms with Crippen LogP contribution in [0.25, 0.3) is 10.8 Å². The lowest BCUT2D eigenvalue weighted by Gasteiger charge is -2.05. The summed E-state index contributed by atoms with van der Waals surface area (Å²) in [5.41, 5.74) is 1.05. The molecule has 7 heteroatoms. The molecule has 1 aromatic heterocycles. The second kappa shape index (κ2) is 9.25. The molecule has 0 unspecified atom stereocenters. The number of carbonyl (C=O) groups is 1. The number of rotatable bonds is 8. The maximum atomic E-state index is 12.0. The highest BCUT2D eigenvalue weighted by atomic mass is 32.2. The number of ether oxygens (including phenoxy) is 1. The van der Waals surface area contributed by atoms with E-state index < -0.39 is 0 Å². The zero-order valence-corrected chi connectivity index (χ0v) is 16.4. The van der Waals surface area contributed by atoms with Crippen molar-refractivity contribution in [1.29, 1.82) is 0 Å². The van der Waals surface area contributed by atoms with E-state index in [0.717, 1.165) is 22.1 Å². The van der Waals surface area contributed by atoms with Crippen LogP contribution in [0.1, 0.15) is 11.5 Å². The molecule has 1 heterocycles. The molecule has 0 radical (unpaired) electrons. The van der Waals surface area contributed by atoms with Gasteiger partial charge in [-0.25, -0.2) is 0 Å². The second-order valence-corrected chi connectivity index (χ2v) is 7.24. The first-order valence-corrected chi connectivity index (χ1v) is 10.1. The normalized spacial score (nSPS) is 10.8. The second-order valence-electron chi connectivity index (χ2n) is 6.31. The summed E-state index contributed by atoms with van der Waals surface area (Å²) in [6.07, 6.45) is 0. The molecule has 0 saturated carbocycles. The molecule has 1 N–H and O–H groups in total. The standard InChI is InChI=1S/C22H19N3O3S/c26-20(23-13-16-6-2-1-3-7-16)15-29-22-25-24-21(28-22)14-27-19-11-10-17-8-4-5-9-18(17)12-19/h1-12H,13-15H2,(H,23,26). The molecular formula is C22H19N3O3S. The van der Waals surface area contributed by atoms with Crippen molar-refractivity contribution in [3.8, 4) is 5.75 Å². The van der Waals surface area contributed by atoms with Crippen LogP contribution in [0.3, 0.4) is 0 Å². The molecule has 0 aliphatic carbocycles. The van der Waals surface area contributed by atoms with Gasteiger partial charge in [-0.2, -0.15) is 0 Å². The highest BCUT2D eigenvalue weighted by Crippen LogP contribution is 2.22. The van der Waals surface area contributed by atoms with Gasteiger partial charge in [0.1, 0.15) is 5.75 Å². The van der Waals surface area contributed by atoms with Gasteiger partial charge in [-0.1, -0.05) is 72.4 Å². The average Bonchev–Trinajstić information content (AvgIpc) is 3.23. The van der Waals surface area contributed by atoms with Crippen LogP contribution >= 0.6 is 11.8 Å². The van der Waals surface area contributed by atoms with E-state index in [0.29, 0.717) is 17.7 Å². The number of carbonyl (C=O) groups excluding carboxylic acids is 1. The van der Waals surface area contributed by atoms with E-state index in [4.69, 9.17) is 9.15 Å². The summed E-state index contributed by atoms with van der Waals surface area (Å²) >= 11 is 1.20. The van der Waals surface area contributed by atoms with Gasteiger partial charge in [0, 0.05) is 6.54 Å². The molecule has 0 bridgehead atoms. The van der Waals surface area contributed by atoms with Crippen LogP contribution in [0.5, 0.6) is 5.75 Å². The largest absolute Gasteiger partial charge is 0.484 e. The van der Waals surface area contributed by atoms with Gasteiger partial charge >= 0.3 is 0 Å². The van der Waals surface area contributed by atoms with Gasteiger partial charge < -0.3 is 14.5 Å². The van der Waals surface area contributed by atoms with Gasteiger partial charge in [0.05, 0.1) is 5.75 Å². The molecule has 0 aliphatic rings. The number of hydrogen-bond donors (Lipinski definition) is 1. The van der Waals surface area contributed by atoms with Crippen LogP contribution < -0.4 is 10.1 Å². The minimum absolute atomic E-state index is 0.0917. The SMILES string of the molecule is O=C(CSc1nnc(COc2ccc3ccccc3c2)o1)NCc1ccccc1. The Morgan fingerprint density at radius 2 is 1.76 bits per heavy atom. The molecule has 0 fully saturated rings. The van der Waals surface area contributed by atoms with Crippen molar-refractivity contribution in [1.82, 2.24) is 15.5 Å². The molecule has 6 nitrogen and oxygen atoms in total. The first kappa shape index (κ1) is 19.0. The predicted molar refractivity (Wildman–Crippen MR) is 112 cm³/mol. The van der Waals surface area contributed by atoms with E-state index in [2.05, 4.69) is 21.6 Å². The van der Waals surface area contributed by atoms with Crippen molar-refractivity contribution < 1.29 is 13.9 Å². The van der Waals surface area contributed by atoms with Crippen molar-refractivity contribution in [2.24, 2.45) is 0 Å². The quantitative estimate of drug-likeness (QED) is 0.443. The van der Waals surface area contributed by atoms with Crippen molar-refractivity contribution in [2.75, 3.05) is 5.75 Å². The van der Waals surface area contributed by atoms with E-state index in [1.807, 2.05) is 66.7 Å². The fourth-order valence-electron chi connectivity index (χ4n) is 2.73. The monoisotopic (exact) mass is 405 g/mol. The number of aromatic nitrogens is 2. The highest BCUT2D eigenvalue weighted by Gasteiger charge is 2.10. The number of hydrogen-bond acceptors (Lipinski definition) is 6. The molecule has 3 aromatic carbocycles. The fourth-order valence-corrected chi connectivity index (χ4v) is 3.34. The molecule has 1 amide bonds. The van der Waals surface area contributed by atoms with Gasteiger partial charge in [-0.3, -0.25) is 4.79 Å². The van der Waals surface area contributed by atoms with Crippen LogP contribution in [0, 0.1) is 0 Å². The van der Waals surface area contributed by atoms with Gasteiger partial charge in [-0.05, 0) is 28.5 Å². The molecule has 0 aliphatic heterocycles. The zero-order valence-electron chi connectivity index (χ0n) is 15.6. The number of nitrogens with one attached hydrogen (secondary N) is 1. The topological polar surface area (TPSA) is 77.2 Å². The Morgan fingerprint density at radius 1 is 0.966 bits per heavy atom. The number of nitrogens with zero attached hydrogens (tertiary/aromatic N) is 2. The Hall–Kier alpha value is -3.32. The molecule has 0 spiro atoms. The lowest BCUT2D eigenvalue weighted by atomic mass is 10.1. The Balaban J connectivity index is 1.24. The minimum Gasteiger partial charge on any atom is -0.484 e. The molecule has 146 valence electrons. The van der Waals surface area contributed by atoms with E-state index in [1.54, 1.807) is 0 Å². The highest BCUT2D eigenvalue weighted by molar-refractivity contribution is 7.99. The summed E-state index contributed by atoms with van der Waals surface area (Å²) in [6.45, 7) is 0.668. The summed E-state index contributed by atoms with van der Waals surface area (Å²) < 4.78 is 11.3. The van der Waals surface area contributed by atoms with Gasteiger partial charge in [0.15, 0.2) is 6.61 Å². The van der Waals surface area contributed by atoms with Crippen molar-refractivity contribution in [3.05, 3.63) is 84.3 Å². The Kier molecular flexibility index (Phi) is 6.07. The molecule has 4 aromatic rings. The summed E-state index contributed by atoms with van der Waals surface area (Å²) in [7, 11) is 0. The van der Waals surface area contributed by atoms with E-state index in [1.165, 1.54) is 11.8 Å². The van der Waals surface area contributed by atoms with Gasteiger partial charge in [0.2, 0.25) is 5.91 Å². The van der Waals surface area contributed by atoms with Crippen LogP contribution in [-0.2, 0) is 17.9 Å².